The van der Waals surface area contributed by atoms with Gasteiger partial charge in [-0.1, -0.05) is 6.07 Å². The zero-order chi connectivity index (χ0) is 23.1. The molecule has 0 spiro atoms. The van der Waals surface area contributed by atoms with Crippen LogP contribution in [0.2, 0.25) is 0 Å². The minimum atomic E-state index is -4.68. The Morgan fingerprint density at radius 2 is 2.00 bits per heavy atom. The molecule has 3 heterocycles. The molecule has 0 aliphatic carbocycles. The summed E-state index contributed by atoms with van der Waals surface area (Å²) in [5, 5.41) is 13.1. The molecule has 4 rings (SSSR count). The van der Waals surface area contributed by atoms with Gasteiger partial charge in [0, 0.05) is 29.9 Å². The topological polar surface area (TPSA) is 102 Å². The molecule has 7 nitrogen and oxygen atoms in total. The van der Waals surface area contributed by atoms with Crippen molar-refractivity contribution in [1.82, 2.24) is 14.8 Å². The van der Waals surface area contributed by atoms with Gasteiger partial charge >= 0.3 is 6.18 Å². The summed E-state index contributed by atoms with van der Waals surface area (Å²) in [6, 6.07) is 8.61. The van der Waals surface area contributed by atoms with Gasteiger partial charge in [0.2, 0.25) is 0 Å². The minimum Gasteiger partial charge on any atom is -0.452 e. The van der Waals surface area contributed by atoms with Crippen molar-refractivity contribution in [3.8, 4) is 23.0 Å². The number of aromatic nitrogens is 3. The van der Waals surface area contributed by atoms with Crippen LogP contribution in [0, 0.1) is 17.1 Å². The number of hydrogen-bond donors (Lipinski definition) is 1. The van der Waals surface area contributed by atoms with Gasteiger partial charge < -0.3 is 10.5 Å². The molecule has 2 aromatic heterocycles. The molecule has 0 saturated carbocycles. The number of amidine groups is 1. The molecule has 164 valence electrons. The van der Waals surface area contributed by atoms with E-state index in [0.717, 1.165) is 6.07 Å². The van der Waals surface area contributed by atoms with Crippen molar-refractivity contribution in [2.75, 3.05) is 0 Å². The summed E-state index contributed by atoms with van der Waals surface area (Å²) >= 11 is 0. The van der Waals surface area contributed by atoms with E-state index in [0.29, 0.717) is 22.5 Å². The monoisotopic (exact) mass is 444 g/mol. The summed E-state index contributed by atoms with van der Waals surface area (Å²) in [6.45, 7) is 1.38. The van der Waals surface area contributed by atoms with Gasteiger partial charge in [-0.2, -0.15) is 23.5 Å². The number of nitriles is 1. The summed E-state index contributed by atoms with van der Waals surface area (Å²) in [6.07, 6.45) is -2.94. The molecule has 1 aliphatic heterocycles. The van der Waals surface area contributed by atoms with E-state index >= 15 is 0 Å². The van der Waals surface area contributed by atoms with E-state index < -0.39 is 36.1 Å². The maximum atomic E-state index is 14.7. The minimum absolute atomic E-state index is 0.0419. The fourth-order valence-electron chi connectivity index (χ4n) is 3.52. The molecule has 1 aromatic carbocycles. The van der Waals surface area contributed by atoms with Gasteiger partial charge in [0.1, 0.15) is 11.9 Å². The number of benzene rings is 1. The standard InChI is InChI=1S/C21H16F4N6O/c1-20(7-17(21(23,24)25)32-19(27)30-20)15-6-13(3-4-16(15)22)14-10-29-31(11-14)18-5-2-12(8-26)9-28-18/h2-6,9-11,17H,7H2,1H3,(H2,27,30)/t17-,20-/m0/s1. The normalized spacial score (nSPS) is 20.9. The molecule has 0 radical (unpaired) electrons. The molecular weight excluding hydrogens is 428 g/mol. The average molecular weight is 444 g/mol. The van der Waals surface area contributed by atoms with Crippen LogP contribution in [0.3, 0.4) is 0 Å². The van der Waals surface area contributed by atoms with Gasteiger partial charge in [0.15, 0.2) is 11.9 Å². The first-order valence-electron chi connectivity index (χ1n) is 9.39. The predicted octanol–water partition coefficient (Wildman–Crippen LogP) is 3.83. The van der Waals surface area contributed by atoms with Crippen LogP contribution in [-0.2, 0) is 10.3 Å². The zero-order valence-corrected chi connectivity index (χ0v) is 16.6. The highest BCUT2D eigenvalue weighted by molar-refractivity contribution is 5.73. The summed E-state index contributed by atoms with van der Waals surface area (Å²) in [5.41, 5.74) is 5.36. The van der Waals surface area contributed by atoms with Crippen molar-refractivity contribution >= 4 is 6.02 Å². The second kappa shape index (κ2) is 7.64. The molecule has 1 aliphatic rings. The Bertz CT molecular complexity index is 1230. The Labute approximate surface area is 179 Å². The molecule has 0 amide bonds. The van der Waals surface area contributed by atoms with E-state index in [-0.39, 0.29) is 5.56 Å². The van der Waals surface area contributed by atoms with Crippen LogP contribution in [0.4, 0.5) is 17.6 Å². The van der Waals surface area contributed by atoms with Crippen LogP contribution in [0.1, 0.15) is 24.5 Å². The fourth-order valence-corrected chi connectivity index (χ4v) is 3.52. The molecule has 0 saturated heterocycles. The van der Waals surface area contributed by atoms with Crippen molar-refractivity contribution in [3.63, 3.8) is 0 Å². The number of hydrogen-bond acceptors (Lipinski definition) is 6. The number of aliphatic imine (C=N–C) groups is 1. The van der Waals surface area contributed by atoms with Gasteiger partial charge in [0.25, 0.3) is 6.02 Å². The lowest BCUT2D eigenvalue weighted by atomic mass is 9.84. The SMILES string of the molecule is C[C@@]1(c2cc(-c3cnn(-c4ccc(C#N)cn4)c3)ccc2F)C[C@@H](C(F)(F)F)OC(N)=N1. The van der Waals surface area contributed by atoms with Gasteiger partial charge in [0.05, 0.1) is 17.3 Å². The van der Waals surface area contributed by atoms with Gasteiger partial charge in [-0.05, 0) is 36.8 Å². The molecule has 11 heteroatoms. The van der Waals surface area contributed by atoms with E-state index in [4.69, 9.17) is 11.0 Å². The highest BCUT2D eigenvalue weighted by Gasteiger charge is 2.50. The summed E-state index contributed by atoms with van der Waals surface area (Å²) < 4.78 is 60.6. The lowest BCUT2D eigenvalue weighted by Crippen LogP contribution is -2.46. The Kier molecular flexibility index (Phi) is 5.08. The van der Waals surface area contributed by atoms with E-state index in [2.05, 4.69) is 19.8 Å². The number of nitrogens with zero attached hydrogens (tertiary/aromatic N) is 5. The highest BCUT2D eigenvalue weighted by Crippen LogP contribution is 2.41. The molecule has 32 heavy (non-hydrogen) atoms. The largest absolute Gasteiger partial charge is 0.452 e. The van der Waals surface area contributed by atoms with Crippen LogP contribution >= 0.6 is 0 Å². The third kappa shape index (κ3) is 3.99. The third-order valence-corrected chi connectivity index (χ3v) is 5.14. The first-order valence-corrected chi connectivity index (χ1v) is 9.39. The summed E-state index contributed by atoms with van der Waals surface area (Å²) in [7, 11) is 0. The Morgan fingerprint density at radius 1 is 1.22 bits per heavy atom. The van der Waals surface area contributed by atoms with Crippen LogP contribution < -0.4 is 5.73 Å². The Balaban J connectivity index is 1.70. The van der Waals surface area contributed by atoms with Crippen molar-refractivity contribution < 1.29 is 22.3 Å². The second-order valence-electron chi connectivity index (χ2n) is 7.46. The Morgan fingerprint density at radius 3 is 2.66 bits per heavy atom. The van der Waals surface area contributed by atoms with Crippen molar-refractivity contribution in [2.45, 2.75) is 31.2 Å². The number of halogens is 4. The molecule has 2 atom stereocenters. The molecule has 0 bridgehead atoms. The smallest absolute Gasteiger partial charge is 0.425 e. The first kappa shape index (κ1) is 21.3. The third-order valence-electron chi connectivity index (χ3n) is 5.14. The number of nitrogens with two attached hydrogens (primary N) is 1. The van der Waals surface area contributed by atoms with E-state index in [1.54, 1.807) is 18.3 Å². The fraction of sp³-hybridized carbons (Fsp3) is 0.238. The molecular formula is C21H16F4N6O. The molecule has 3 aromatic rings. The molecule has 0 unspecified atom stereocenters. The Hall–Kier alpha value is -3.94. The maximum absolute atomic E-state index is 14.7. The van der Waals surface area contributed by atoms with E-state index in [1.807, 2.05) is 6.07 Å². The van der Waals surface area contributed by atoms with Crippen LogP contribution in [0.15, 0.2) is 53.9 Å². The van der Waals surface area contributed by atoms with E-state index in [9.17, 15) is 17.6 Å². The van der Waals surface area contributed by atoms with Crippen LogP contribution in [0.25, 0.3) is 16.9 Å². The van der Waals surface area contributed by atoms with Crippen molar-refractivity contribution in [1.29, 1.82) is 5.26 Å². The maximum Gasteiger partial charge on any atom is 0.425 e. The highest BCUT2D eigenvalue weighted by atomic mass is 19.4. The van der Waals surface area contributed by atoms with Gasteiger partial charge in [-0.15, -0.1) is 0 Å². The van der Waals surface area contributed by atoms with Gasteiger partial charge in [-0.25, -0.2) is 19.0 Å². The molecule has 2 N–H and O–H groups in total. The van der Waals surface area contributed by atoms with Gasteiger partial charge in [-0.3, -0.25) is 0 Å². The lowest BCUT2D eigenvalue weighted by Gasteiger charge is -2.36. The lowest BCUT2D eigenvalue weighted by molar-refractivity contribution is -0.208. The van der Waals surface area contributed by atoms with Crippen molar-refractivity contribution in [2.24, 2.45) is 10.7 Å². The number of pyridine rings is 1. The second-order valence-corrected chi connectivity index (χ2v) is 7.46. The number of rotatable bonds is 3. The van der Waals surface area contributed by atoms with Crippen molar-refractivity contribution in [3.05, 3.63) is 65.9 Å². The molecule has 0 fully saturated rings. The summed E-state index contributed by atoms with van der Waals surface area (Å²) in [5.74, 6) is -0.254. The van der Waals surface area contributed by atoms with Crippen LogP contribution in [-0.4, -0.2) is 33.1 Å². The quantitative estimate of drug-likeness (QED) is 0.619. The predicted molar refractivity (Wildman–Crippen MR) is 106 cm³/mol. The van der Waals surface area contributed by atoms with Crippen LogP contribution in [0.5, 0.6) is 0 Å². The van der Waals surface area contributed by atoms with E-state index in [1.165, 1.54) is 36.1 Å². The summed E-state index contributed by atoms with van der Waals surface area (Å²) in [4.78, 5) is 8.14. The number of ether oxygens (including phenoxy) is 1. The zero-order valence-electron chi connectivity index (χ0n) is 16.6. The average Bonchev–Trinajstić information content (AvgIpc) is 3.23. The number of alkyl halides is 3. The first-order chi connectivity index (χ1) is 15.1.